The van der Waals surface area contributed by atoms with E-state index in [1.165, 1.54) is 29.3 Å². The number of amides is 1. The number of likely N-dealkylation sites (tertiary alicyclic amines) is 1. The summed E-state index contributed by atoms with van der Waals surface area (Å²) in [6, 6.07) is 3.57. The number of aliphatic imine (C=N–C) groups is 1. The van der Waals surface area contributed by atoms with Crippen molar-refractivity contribution >= 4 is 29.4 Å². The van der Waals surface area contributed by atoms with Crippen molar-refractivity contribution < 1.29 is 18.3 Å². The van der Waals surface area contributed by atoms with Gasteiger partial charge in [-0.2, -0.15) is 0 Å². The fourth-order valence-electron chi connectivity index (χ4n) is 4.84. The van der Waals surface area contributed by atoms with Crippen molar-refractivity contribution in [3.05, 3.63) is 51.7 Å². The normalized spacial score (nSPS) is 31.3. The van der Waals surface area contributed by atoms with Gasteiger partial charge in [-0.05, 0) is 31.9 Å². The standard InChI is InChI=1S/C23H24ClF2N5O2/c1-11-17(24)8-28-22(29-11)16-9-31(10-19(16)27)23(32)15-3-2-12(25)4-21(15)33-14-5-13-6-18(26)20(7-14)30-13/h2-4,8,13-14,18,20,27,29-30H,5-7,9-10H2,1H3/b22-16-,27-19?. The van der Waals surface area contributed by atoms with Crippen LogP contribution in [0.15, 0.2) is 45.3 Å². The molecule has 2 bridgehead atoms. The number of carbonyl (C=O) groups excluding carboxylic acids is 1. The van der Waals surface area contributed by atoms with E-state index in [4.69, 9.17) is 21.7 Å². The van der Waals surface area contributed by atoms with Gasteiger partial charge in [-0.3, -0.25) is 4.79 Å². The molecule has 3 fully saturated rings. The average Bonchev–Trinajstić information content (AvgIpc) is 3.28. The summed E-state index contributed by atoms with van der Waals surface area (Å²) < 4.78 is 34.2. The first-order valence-corrected chi connectivity index (χ1v) is 11.3. The van der Waals surface area contributed by atoms with Crippen LogP contribution in [-0.2, 0) is 0 Å². The van der Waals surface area contributed by atoms with E-state index in [9.17, 15) is 13.6 Å². The summed E-state index contributed by atoms with van der Waals surface area (Å²) in [5.41, 5.74) is 1.80. The largest absolute Gasteiger partial charge is 0.489 e. The number of hydrogen-bond donors (Lipinski definition) is 3. The van der Waals surface area contributed by atoms with Crippen LogP contribution < -0.4 is 15.4 Å². The third-order valence-corrected chi connectivity index (χ3v) is 6.92. The Hall–Kier alpha value is -2.78. The lowest BCUT2D eigenvalue weighted by atomic mass is 10.0. The number of rotatable bonds is 3. The Morgan fingerprint density at radius 2 is 2.12 bits per heavy atom. The third-order valence-electron chi connectivity index (χ3n) is 6.53. The zero-order valence-corrected chi connectivity index (χ0v) is 18.8. The molecule has 0 aromatic heterocycles. The molecule has 4 unspecified atom stereocenters. The minimum atomic E-state index is -0.913. The van der Waals surface area contributed by atoms with Gasteiger partial charge in [-0.1, -0.05) is 11.6 Å². The molecule has 0 radical (unpaired) electrons. The Bertz CT molecular complexity index is 1120. The summed E-state index contributed by atoms with van der Waals surface area (Å²) in [7, 11) is 0. The first-order chi connectivity index (χ1) is 15.8. The molecule has 4 aliphatic heterocycles. The second kappa shape index (κ2) is 8.53. The molecule has 5 rings (SSSR count). The fourth-order valence-corrected chi connectivity index (χ4v) is 4.93. The van der Waals surface area contributed by atoms with Gasteiger partial charge in [0.2, 0.25) is 0 Å². The number of carbonyl (C=O) groups is 1. The summed E-state index contributed by atoms with van der Waals surface area (Å²) in [6.07, 6.45) is 1.81. The van der Waals surface area contributed by atoms with Crippen LogP contribution in [0.2, 0.25) is 0 Å². The highest BCUT2D eigenvalue weighted by Crippen LogP contribution is 2.33. The first kappa shape index (κ1) is 22.0. The monoisotopic (exact) mass is 475 g/mol. The van der Waals surface area contributed by atoms with Crippen LogP contribution in [-0.4, -0.2) is 60.2 Å². The number of piperidine rings is 1. The number of benzene rings is 1. The quantitative estimate of drug-likeness (QED) is 0.626. The van der Waals surface area contributed by atoms with Crippen LogP contribution in [0.25, 0.3) is 0 Å². The van der Waals surface area contributed by atoms with Crippen LogP contribution in [0, 0.1) is 11.2 Å². The number of nitrogens with one attached hydrogen (secondary N) is 3. The number of alkyl halides is 1. The van der Waals surface area contributed by atoms with E-state index >= 15 is 0 Å². The summed E-state index contributed by atoms with van der Waals surface area (Å²) >= 11 is 6.03. The Balaban J connectivity index is 1.35. The Labute approximate surface area is 195 Å². The van der Waals surface area contributed by atoms with Crippen molar-refractivity contribution in [2.45, 2.75) is 50.5 Å². The second-order valence-corrected chi connectivity index (χ2v) is 9.30. The Morgan fingerprint density at radius 3 is 2.88 bits per heavy atom. The topological polar surface area (TPSA) is 89.8 Å². The zero-order valence-electron chi connectivity index (χ0n) is 18.0. The summed E-state index contributed by atoms with van der Waals surface area (Å²) in [4.78, 5) is 19.1. The maximum atomic E-state index is 14.1. The molecule has 4 atom stereocenters. The summed E-state index contributed by atoms with van der Waals surface area (Å²) in [5.74, 6) is -0.248. The number of hydrogen-bond acceptors (Lipinski definition) is 6. The predicted octanol–water partition coefficient (Wildman–Crippen LogP) is 3.27. The van der Waals surface area contributed by atoms with Gasteiger partial charge >= 0.3 is 0 Å². The fraction of sp³-hybridized carbons (Fsp3) is 0.435. The summed E-state index contributed by atoms with van der Waals surface area (Å²) in [6.45, 7) is 2.08. The highest BCUT2D eigenvalue weighted by molar-refractivity contribution is 6.39. The van der Waals surface area contributed by atoms with Gasteiger partial charge in [-0.15, -0.1) is 0 Å². The molecule has 4 aliphatic rings. The molecule has 0 aliphatic carbocycles. The van der Waals surface area contributed by atoms with E-state index in [-0.39, 0.29) is 54.2 Å². The lowest BCUT2D eigenvalue weighted by Crippen LogP contribution is -2.44. The lowest BCUT2D eigenvalue weighted by molar-refractivity contribution is 0.0789. The van der Waals surface area contributed by atoms with E-state index in [2.05, 4.69) is 15.6 Å². The van der Waals surface area contributed by atoms with Crippen LogP contribution in [0.5, 0.6) is 5.75 Å². The van der Waals surface area contributed by atoms with E-state index < -0.39 is 12.0 Å². The molecule has 0 spiro atoms. The van der Waals surface area contributed by atoms with Crippen molar-refractivity contribution in [1.82, 2.24) is 15.5 Å². The van der Waals surface area contributed by atoms with Gasteiger partial charge in [0, 0.05) is 42.1 Å². The van der Waals surface area contributed by atoms with Crippen molar-refractivity contribution in [3.8, 4) is 5.75 Å². The Kier molecular flexibility index (Phi) is 5.70. The third kappa shape index (κ3) is 4.27. The molecule has 1 amide bonds. The molecule has 33 heavy (non-hydrogen) atoms. The highest BCUT2D eigenvalue weighted by Gasteiger charge is 2.42. The van der Waals surface area contributed by atoms with Crippen molar-refractivity contribution in [2.24, 2.45) is 4.99 Å². The minimum Gasteiger partial charge on any atom is -0.489 e. The number of nitrogens with zero attached hydrogens (tertiary/aromatic N) is 2. The first-order valence-electron chi connectivity index (χ1n) is 10.9. The van der Waals surface area contributed by atoms with E-state index in [0.29, 0.717) is 41.4 Å². The molecule has 174 valence electrons. The van der Waals surface area contributed by atoms with Gasteiger partial charge in [-0.25, -0.2) is 13.8 Å². The predicted molar refractivity (Wildman–Crippen MR) is 121 cm³/mol. The summed E-state index contributed by atoms with van der Waals surface area (Å²) in [5, 5.41) is 15.1. The van der Waals surface area contributed by atoms with Gasteiger partial charge in [0.05, 0.1) is 29.4 Å². The Morgan fingerprint density at radius 1 is 1.30 bits per heavy atom. The molecule has 3 saturated heterocycles. The van der Waals surface area contributed by atoms with Gasteiger partial charge < -0.3 is 25.7 Å². The lowest BCUT2D eigenvalue weighted by Gasteiger charge is -2.30. The van der Waals surface area contributed by atoms with E-state index in [0.717, 1.165) is 0 Å². The molecule has 1 aromatic carbocycles. The SMILES string of the molecule is CC1=C(Cl)C=N/C(=C2\CN(C(=O)c3ccc(F)cc3OC3CC4CC(F)C(C3)N4)CC2=N)N1. The minimum absolute atomic E-state index is 0.0271. The van der Waals surface area contributed by atoms with E-state index in [1.807, 2.05) is 0 Å². The van der Waals surface area contributed by atoms with Crippen molar-refractivity contribution in [2.75, 3.05) is 13.1 Å². The van der Waals surface area contributed by atoms with Crippen LogP contribution in [0.3, 0.4) is 0 Å². The number of fused-ring (bicyclic) bond motifs is 2. The molecular formula is C23H24ClF2N5O2. The second-order valence-electron chi connectivity index (χ2n) is 8.90. The number of allylic oxidation sites excluding steroid dienone is 2. The molecule has 4 heterocycles. The highest BCUT2D eigenvalue weighted by atomic mass is 35.5. The van der Waals surface area contributed by atoms with Gasteiger partial charge in [0.25, 0.3) is 5.91 Å². The molecule has 7 nitrogen and oxygen atoms in total. The van der Waals surface area contributed by atoms with Crippen LogP contribution in [0.1, 0.15) is 36.5 Å². The maximum absolute atomic E-state index is 14.1. The molecule has 10 heteroatoms. The molecule has 1 aromatic rings. The molecule has 0 saturated carbocycles. The number of halogens is 3. The average molecular weight is 476 g/mol. The maximum Gasteiger partial charge on any atom is 0.258 e. The van der Waals surface area contributed by atoms with Crippen LogP contribution >= 0.6 is 11.6 Å². The number of ether oxygens (including phenoxy) is 1. The molecular weight excluding hydrogens is 452 g/mol. The van der Waals surface area contributed by atoms with Crippen molar-refractivity contribution in [3.63, 3.8) is 0 Å². The van der Waals surface area contributed by atoms with E-state index in [1.54, 1.807) is 6.92 Å². The smallest absolute Gasteiger partial charge is 0.258 e. The van der Waals surface area contributed by atoms with Crippen LogP contribution in [0.4, 0.5) is 8.78 Å². The molecule has 3 N–H and O–H groups in total. The van der Waals surface area contributed by atoms with Gasteiger partial charge in [0.1, 0.15) is 29.7 Å². The zero-order chi connectivity index (χ0) is 23.3. The van der Waals surface area contributed by atoms with Crippen molar-refractivity contribution in [1.29, 1.82) is 5.41 Å². The van der Waals surface area contributed by atoms with Gasteiger partial charge in [0.15, 0.2) is 0 Å².